The van der Waals surface area contributed by atoms with Crippen LogP contribution in [-0.4, -0.2) is 56.0 Å². The van der Waals surface area contributed by atoms with E-state index in [0.717, 1.165) is 0 Å². The van der Waals surface area contributed by atoms with E-state index in [2.05, 4.69) is 0 Å². The van der Waals surface area contributed by atoms with E-state index in [1.54, 1.807) is 19.1 Å². The maximum atomic E-state index is 12.3. The minimum absolute atomic E-state index is 0.107. The van der Waals surface area contributed by atoms with Crippen molar-refractivity contribution in [2.24, 2.45) is 0 Å². The van der Waals surface area contributed by atoms with Gasteiger partial charge in [-0.1, -0.05) is 19.1 Å². The Balaban J connectivity index is 1.62. The summed E-state index contributed by atoms with van der Waals surface area (Å²) in [6.07, 6.45) is -0.704. The maximum Gasteiger partial charge on any atom is 0.267 e. The van der Waals surface area contributed by atoms with Crippen LogP contribution in [0.3, 0.4) is 0 Å². The molecule has 1 amide bonds. The van der Waals surface area contributed by atoms with Gasteiger partial charge in [0.2, 0.25) is 6.10 Å². The van der Waals surface area contributed by atoms with Gasteiger partial charge in [0.1, 0.15) is 6.61 Å². The second-order valence-corrected chi connectivity index (χ2v) is 7.75. The molecule has 0 radical (unpaired) electrons. The van der Waals surface area contributed by atoms with Crippen molar-refractivity contribution in [2.45, 2.75) is 18.3 Å². The lowest BCUT2D eigenvalue weighted by molar-refractivity contribution is -0.144. The van der Waals surface area contributed by atoms with Crippen molar-refractivity contribution in [3.8, 4) is 11.5 Å². The average Bonchev–Trinajstić information content (AvgIpc) is 2.44. The molecule has 0 aliphatic carbocycles. The summed E-state index contributed by atoms with van der Waals surface area (Å²) in [5, 5.41) is -0.441. The van der Waals surface area contributed by atoms with E-state index in [0.29, 0.717) is 11.5 Å². The number of hydrogen-bond donors (Lipinski definition) is 0. The lowest BCUT2D eigenvalue weighted by Crippen LogP contribution is -2.61. The summed E-state index contributed by atoms with van der Waals surface area (Å²) in [5.41, 5.74) is 0. The Morgan fingerprint density at radius 1 is 1.29 bits per heavy atom. The largest absolute Gasteiger partial charge is 0.485 e. The van der Waals surface area contributed by atoms with E-state index in [-0.39, 0.29) is 31.4 Å². The van der Waals surface area contributed by atoms with Gasteiger partial charge in [-0.3, -0.25) is 4.79 Å². The minimum atomic E-state index is -3.07. The Kier molecular flexibility index (Phi) is 3.52. The first-order valence-corrected chi connectivity index (χ1v) is 8.61. The third-order valence-electron chi connectivity index (χ3n) is 3.85. The predicted molar refractivity (Wildman–Crippen MR) is 76.2 cm³/mol. The molecule has 1 saturated heterocycles. The highest BCUT2D eigenvalue weighted by Gasteiger charge is 2.42. The number of carbonyl (C=O) groups excluding carboxylic acids is 1. The number of nitrogens with zero attached hydrogens (tertiary/aromatic N) is 1. The van der Waals surface area contributed by atoms with Crippen LogP contribution < -0.4 is 9.47 Å². The molecule has 6 nitrogen and oxygen atoms in total. The SMILES string of the molecule is CCS(=O)(=O)C1CN(C(=O)C2COc3ccccc3O2)C1. The van der Waals surface area contributed by atoms with Crippen LogP contribution in [0.2, 0.25) is 0 Å². The number of benzene rings is 1. The van der Waals surface area contributed by atoms with Crippen LogP contribution >= 0.6 is 0 Å². The molecule has 1 aromatic carbocycles. The minimum Gasteiger partial charge on any atom is -0.485 e. The number of likely N-dealkylation sites (tertiary alicyclic amines) is 1. The zero-order valence-corrected chi connectivity index (χ0v) is 12.5. The summed E-state index contributed by atoms with van der Waals surface area (Å²) in [5.74, 6) is 1.06. The highest BCUT2D eigenvalue weighted by Crippen LogP contribution is 2.31. The van der Waals surface area contributed by atoms with Crippen molar-refractivity contribution in [3.63, 3.8) is 0 Å². The average molecular weight is 311 g/mol. The Morgan fingerprint density at radius 3 is 2.62 bits per heavy atom. The van der Waals surface area contributed by atoms with E-state index >= 15 is 0 Å². The Bertz CT molecular complexity index is 651. The molecule has 0 bridgehead atoms. The topological polar surface area (TPSA) is 72.9 Å². The van der Waals surface area contributed by atoms with Gasteiger partial charge < -0.3 is 14.4 Å². The van der Waals surface area contributed by atoms with Crippen molar-refractivity contribution >= 4 is 15.7 Å². The highest BCUT2D eigenvalue weighted by atomic mass is 32.2. The van der Waals surface area contributed by atoms with Gasteiger partial charge >= 0.3 is 0 Å². The number of rotatable bonds is 3. The lowest BCUT2D eigenvalue weighted by Gasteiger charge is -2.40. The van der Waals surface area contributed by atoms with Gasteiger partial charge in [0.05, 0.1) is 5.25 Å². The molecule has 21 heavy (non-hydrogen) atoms. The zero-order chi connectivity index (χ0) is 15.0. The molecule has 1 atom stereocenters. The Hall–Kier alpha value is -1.76. The molecular weight excluding hydrogens is 294 g/mol. The molecule has 0 spiro atoms. The molecule has 2 heterocycles. The molecule has 1 fully saturated rings. The summed E-state index contributed by atoms with van der Waals surface area (Å²) >= 11 is 0. The summed E-state index contributed by atoms with van der Waals surface area (Å²) in [6.45, 7) is 2.26. The fourth-order valence-corrected chi connectivity index (χ4v) is 3.71. The van der Waals surface area contributed by atoms with E-state index in [1.165, 1.54) is 4.90 Å². The van der Waals surface area contributed by atoms with Gasteiger partial charge in [-0.25, -0.2) is 8.42 Å². The maximum absolute atomic E-state index is 12.3. The van der Waals surface area contributed by atoms with Crippen LogP contribution in [0.1, 0.15) is 6.92 Å². The van der Waals surface area contributed by atoms with Crippen molar-refractivity contribution in [2.75, 3.05) is 25.4 Å². The number of carbonyl (C=O) groups is 1. The number of para-hydroxylation sites is 2. The van der Waals surface area contributed by atoms with Gasteiger partial charge in [-0.05, 0) is 12.1 Å². The van der Waals surface area contributed by atoms with Crippen LogP contribution in [0.15, 0.2) is 24.3 Å². The van der Waals surface area contributed by atoms with Gasteiger partial charge in [-0.2, -0.15) is 0 Å². The predicted octanol–water partition coefficient (Wildman–Crippen LogP) is 0.472. The van der Waals surface area contributed by atoms with Gasteiger partial charge in [0.25, 0.3) is 5.91 Å². The van der Waals surface area contributed by atoms with E-state index in [9.17, 15) is 13.2 Å². The number of fused-ring (bicyclic) bond motifs is 1. The number of hydrogen-bond acceptors (Lipinski definition) is 5. The molecule has 1 unspecified atom stereocenters. The number of sulfone groups is 1. The molecule has 114 valence electrons. The molecule has 2 aliphatic rings. The first-order chi connectivity index (χ1) is 10.0. The van der Waals surface area contributed by atoms with Gasteiger partial charge in [-0.15, -0.1) is 0 Å². The molecule has 3 rings (SSSR count). The fourth-order valence-electron chi connectivity index (χ4n) is 2.43. The summed E-state index contributed by atoms with van der Waals surface area (Å²) in [6, 6.07) is 7.17. The van der Waals surface area contributed by atoms with Crippen molar-refractivity contribution < 1.29 is 22.7 Å². The molecule has 7 heteroatoms. The molecule has 0 aromatic heterocycles. The second kappa shape index (κ2) is 5.22. The highest BCUT2D eigenvalue weighted by molar-refractivity contribution is 7.92. The van der Waals surface area contributed by atoms with E-state index < -0.39 is 21.2 Å². The fraction of sp³-hybridized carbons (Fsp3) is 0.500. The third-order valence-corrected chi connectivity index (χ3v) is 5.97. The monoisotopic (exact) mass is 311 g/mol. The summed E-state index contributed by atoms with van der Waals surface area (Å²) in [4.78, 5) is 13.8. The normalized spacial score (nSPS) is 21.8. The van der Waals surface area contributed by atoms with Crippen molar-refractivity contribution in [1.29, 1.82) is 0 Å². The summed E-state index contributed by atoms with van der Waals surface area (Å²) < 4.78 is 34.5. The quantitative estimate of drug-likeness (QED) is 0.811. The number of ether oxygens (including phenoxy) is 2. The zero-order valence-electron chi connectivity index (χ0n) is 11.7. The summed E-state index contributed by atoms with van der Waals surface area (Å²) in [7, 11) is -3.07. The third kappa shape index (κ3) is 2.57. The van der Waals surface area contributed by atoms with Crippen molar-refractivity contribution in [3.05, 3.63) is 24.3 Å². The van der Waals surface area contributed by atoms with Crippen molar-refractivity contribution in [1.82, 2.24) is 4.90 Å². The van der Waals surface area contributed by atoms with Crippen LogP contribution in [0.5, 0.6) is 11.5 Å². The molecule has 2 aliphatic heterocycles. The second-order valence-electron chi connectivity index (χ2n) is 5.18. The molecule has 1 aromatic rings. The van der Waals surface area contributed by atoms with Crippen LogP contribution in [-0.2, 0) is 14.6 Å². The van der Waals surface area contributed by atoms with Crippen LogP contribution in [0.4, 0.5) is 0 Å². The van der Waals surface area contributed by atoms with Crippen LogP contribution in [0.25, 0.3) is 0 Å². The Morgan fingerprint density at radius 2 is 1.95 bits per heavy atom. The molecule has 0 saturated carbocycles. The smallest absolute Gasteiger partial charge is 0.267 e. The standard InChI is InChI=1S/C14H17NO5S/c1-2-21(17,18)10-7-15(8-10)14(16)13-9-19-11-5-3-4-6-12(11)20-13/h3-6,10,13H,2,7-9H2,1H3. The first-order valence-electron chi connectivity index (χ1n) is 6.90. The molecule has 0 N–H and O–H groups in total. The van der Waals surface area contributed by atoms with Gasteiger partial charge in [0.15, 0.2) is 21.3 Å². The van der Waals surface area contributed by atoms with E-state index in [4.69, 9.17) is 9.47 Å². The van der Waals surface area contributed by atoms with Gasteiger partial charge in [0, 0.05) is 18.8 Å². The van der Waals surface area contributed by atoms with Crippen LogP contribution in [0, 0.1) is 0 Å². The Labute approximate surface area is 123 Å². The van der Waals surface area contributed by atoms with E-state index in [1.807, 2.05) is 12.1 Å². The lowest BCUT2D eigenvalue weighted by atomic mass is 10.1. The number of amides is 1. The first kappa shape index (κ1) is 14.2. The molecular formula is C14H17NO5S.